The minimum atomic E-state index is -0.343. The highest BCUT2D eigenvalue weighted by Gasteiger charge is 2.26. The molecule has 0 bridgehead atoms. The van der Waals surface area contributed by atoms with Gasteiger partial charge in [-0.2, -0.15) is 0 Å². The van der Waals surface area contributed by atoms with Crippen molar-refractivity contribution in [3.8, 4) is 0 Å². The number of benzene rings is 1. The van der Waals surface area contributed by atoms with Crippen molar-refractivity contribution in [2.24, 2.45) is 0 Å². The van der Waals surface area contributed by atoms with Crippen LogP contribution < -0.4 is 0 Å². The van der Waals surface area contributed by atoms with Gasteiger partial charge in [0.2, 0.25) is 0 Å². The zero-order valence-electron chi connectivity index (χ0n) is 12.0. The van der Waals surface area contributed by atoms with Crippen LogP contribution in [0.15, 0.2) is 22.7 Å². The molecule has 0 aromatic heterocycles. The minimum Gasteiger partial charge on any atom is -0.300 e. The Kier molecular flexibility index (Phi) is 5.47. The normalized spacial score (nSPS) is 19.4. The van der Waals surface area contributed by atoms with Crippen LogP contribution in [0, 0.1) is 10.1 Å². The minimum absolute atomic E-state index is 0.136. The fourth-order valence-corrected chi connectivity index (χ4v) is 3.24. The first-order chi connectivity index (χ1) is 9.97. The Morgan fingerprint density at radius 3 is 2.90 bits per heavy atom. The van der Waals surface area contributed by atoms with E-state index >= 15 is 0 Å². The van der Waals surface area contributed by atoms with E-state index in [2.05, 4.69) is 20.8 Å². The van der Waals surface area contributed by atoms with Crippen LogP contribution in [-0.4, -0.2) is 28.2 Å². The number of piperidine rings is 1. The van der Waals surface area contributed by atoms with E-state index in [0.717, 1.165) is 25.8 Å². The van der Waals surface area contributed by atoms with Crippen molar-refractivity contribution in [3.63, 3.8) is 0 Å². The van der Waals surface area contributed by atoms with E-state index in [-0.39, 0.29) is 22.4 Å². The number of nitro benzene ring substituents is 1. The molecule has 6 heteroatoms. The first kappa shape index (κ1) is 16.1. The number of hydrogen-bond donors (Lipinski definition) is 0. The molecule has 2 rings (SSSR count). The van der Waals surface area contributed by atoms with Crippen molar-refractivity contribution in [1.29, 1.82) is 0 Å². The lowest BCUT2D eigenvalue weighted by Crippen LogP contribution is -2.40. The van der Waals surface area contributed by atoms with E-state index in [4.69, 9.17) is 0 Å². The average molecular weight is 355 g/mol. The fourth-order valence-electron chi connectivity index (χ4n) is 2.89. The number of hydrogen-bond acceptors (Lipinski definition) is 4. The average Bonchev–Trinajstić information content (AvgIpc) is 2.42. The van der Waals surface area contributed by atoms with Crippen molar-refractivity contribution in [3.05, 3.63) is 38.3 Å². The van der Waals surface area contributed by atoms with Gasteiger partial charge in [-0.25, -0.2) is 0 Å². The number of ketones is 1. The molecule has 21 heavy (non-hydrogen) atoms. The van der Waals surface area contributed by atoms with Gasteiger partial charge in [-0.05, 0) is 38.4 Å². The third kappa shape index (κ3) is 4.35. The summed E-state index contributed by atoms with van der Waals surface area (Å²) in [5, 5.41) is 11.2. The highest BCUT2D eigenvalue weighted by molar-refractivity contribution is 9.10. The Bertz CT molecular complexity index is 548. The summed E-state index contributed by atoms with van der Waals surface area (Å²) in [5.74, 6) is 0.178. The zero-order valence-corrected chi connectivity index (χ0v) is 13.6. The maximum Gasteiger partial charge on any atom is 0.275 e. The first-order valence-corrected chi connectivity index (χ1v) is 7.93. The van der Waals surface area contributed by atoms with Gasteiger partial charge in [-0.15, -0.1) is 0 Å². The van der Waals surface area contributed by atoms with Crippen LogP contribution >= 0.6 is 15.9 Å². The van der Waals surface area contributed by atoms with Crippen molar-refractivity contribution >= 4 is 27.4 Å². The molecule has 0 saturated carbocycles. The van der Waals surface area contributed by atoms with E-state index < -0.39 is 0 Å². The second-order valence-electron chi connectivity index (χ2n) is 5.56. The van der Waals surface area contributed by atoms with Gasteiger partial charge >= 0.3 is 0 Å². The molecule has 1 saturated heterocycles. The molecular formula is C15H19BrN2O3. The maximum absolute atomic E-state index is 11.4. The maximum atomic E-state index is 11.4. The lowest BCUT2D eigenvalue weighted by molar-refractivity contribution is -0.385. The quantitative estimate of drug-likeness (QED) is 0.597. The van der Waals surface area contributed by atoms with Gasteiger partial charge in [-0.1, -0.05) is 22.4 Å². The standard InChI is InChI=1S/C15H19BrN2O3/c1-11(19)8-14-4-2-3-7-17(14)10-12-5-6-13(16)9-15(12)18(20)21/h5-6,9,14H,2-4,7-8,10H2,1H3. The van der Waals surface area contributed by atoms with Gasteiger partial charge in [0, 0.05) is 35.1 Å². The molecule has 0 radical (unpaired) electrons. The van der Waals surface area contributed by atoms with Crippen molar-refractivity contribution in [2.75, 3.05) is 6.54 Å². The SMILES string of the molecule is CC(=O)CC1CCCCN1Cc1ccc(Br)cc1[N+](=O)[O-]. The van der Waals surface area contributed by atoms with Crippen LogP contribution in [0.5, 0.6) is 0 Å². The number of rotatable bonds is 5. The number of halogens is 1. The summed E-state index contributed by atoms with van der Waals surface area (Å²) in [6, 6.07) is 5.37. The van der Waals surface area contributed by atoms with Gasteiger partial charge in [-0.3, -0.25) is 19.8 Å². The summed E-state index contributed by atoms with van der Waals surface area (Å²) in [6.45, 7) is 3.03. The monoisotopic (exact) mass is 354 g/mol. The Morgan fingerprint density at radius 1 is 1.48 bits per heavy atom. The molecule has 1 unspecified atom stereocenters. The summed E-state index contributed by atoms with van der Waals surface area (Å²) in [6.07, 6.45) is 3.73. The molecule has 0 amide bonds. The molecule has 1 atom stereocenters. The van der Waals surface area contributed by atoms with E-state index in [0.29, 0.717) is 23.0 Å². The van der Waals surface area contributed by atoms with E-state index in [1.165, 1.54) is 0 Å². The van der Waals surface area contributed by atoms with Gasteiger partial charge in [0.15, 0.2) is 0 Å². The number of carbonyl (C=O) groups excluding carboxylic acids is 1. The van der Waals surface area contributed by atoms with E-state index in [1.54, 1.807) is 19.1 Å². The smallest absolute Gasteiger partial charge is 0.275 e. The molecule has 5 nitrogen and oxygen atoms in total. The first-order valence-electron chi connectivity index (χ1n) is 7.13. The molecule has 1 aliphatic rings. The van der Waals surface area contributed by atoms with Gasteiger partial charge in [0.05, 0.1) is 4.92 Å². The summed E-state index contributed by atoms with van der Waals surface area (Å²) < 4.78 is 0.705. The van der Waals surface area contributed by atoms with Crippen LogP contribution in [0.3, 0.4) is 0 Å². The fraction of sp³-hybridized carbons (Fsp3) is 0.533. The molecule has 1 aromatic carbocycles. The Balaban J connectivity index is 2.19. The van der Waals surface area contributed by atoms with Crippen molar-refractivity contribution in [1.82, 2.24) is 4.90 Å². The number of carbonyl (C=O) groups is 1. The van der Waals surface area contributed by atoms with E-state index in [9.17, 15) is 14.9 Å². The number of nitrogens with zero attached hydrogens (tertiary/aromatic N) is 2. The third-order valence-corrected chi connectivity index (χ3v) is 4.38. The van der Waals surface area contributed by atoms with Crippen LogP contribution in [0.2, 0.25) is 0 Å². The van der Waals surface area contributed by atoms with Gasteiger partial charge in [0.25, 0.3) is 5.69 Å². The highest BCUT2D eigenvalue weighted by atomic mass is 79.9. The summed E-state index contributed by atoms with van der Waals surface area (Å²) in [5.41, 5.74) is 0.843. The number of nitro groups is 1. The molecule has 1 aliphatic heterocycles. The Hall–Kier alpha value is -1.27. The highest BCUT2D eigenvalue weighted by Crippen LogP contribution is 2.28. The molecule has 114 valence electrons. The predicted octanol–water partition coefficient (Wildman–Crippen LogP) is 3.69. The van der Waals surface area contributed by atoms with Crippen LogP contribution in [0.1, 0.15) is 38.2 Å². The van der Waals surface area contributed by atoms with Crippen LogP contribution in [-0.2, 0) is 11.3 Å². The van der Waals surface area contributed by atoms with Crippen molar-refractivity contribution in [2.45, 2.75) is 45.2 Å². The zero-order chi connectivity index (χ0) is 15.4. The molecule has 1 heterocycles. The second-order valence-corrected chi connectivity index (χ2v) is 6.47. The molecule has 1 aromatic rings. The summed E-state index contributed by atoms with van der Waals surface area (Å²) in [7, 11) is 0. The Morgan fingerprint density at radius 2 is 2.24 bits per heavy atom. The topological polar surface area (TPSA) is 63.5 Å². The van der Waals surface area contributed by atoms with Crippen molar-refractivity contribution < 1.29 is 9.72 Å². The lowest BCUT2D eigenvalue weighted by atomic mass is 9.97. The summed E-state index contributed by atoms with van der Waals surface area (Å²) >= 11 is 3.27. The lowest BCUT2D eigenvalue weighted by Gasteiger charge is -2.35. The molecule has 1 fully saturated rings. The number of likely N-dealkylation sites (tertiary alicyclic amines) is 1. The molecule has 0 aliphatic carbocycles. The largest absolute Gasteiger partial charge is 0.300 e. The van der Waals surface area contributed by atoms with E-state index in [1.807, 2.05) is 6.07 Å². The van der Waals surface area contributed by atoms with Crippen LogP contribution in [0.4, 0.5) is 5.69 Å². The molecular weight excluding hydrogens is 336 g/mol. The molecule has 0 N–H and O–H groups in total. The van der Waals surface area contributed by atoms with Gasteiger partial charge < -0.3 is 0 Å². The number of Topliss-reactive ketones (excluding diaryl/α,β-unsaturated/α-hetero) is 1. The summed E-state index contributed by atoms with van der Waals surface area (Å²) in [4.78, 5) is 24.4. The third-order valence-electron chi connectivity index (χ3n) is 3.89. The van der Waals surface area contributed by atoms with Gasteiger partial charge in [0.1, 0.15) is 5.78 Å². The molecule has 0 spiro atoms. The predicted molar refractivity (Wildman–Crippen MR) is 84.1 cm³/mol. The second kappa shape index (κ2) is 7.13. The van der Waals surface area contributed by atoms with Crippen LogP contribution in [0.25, 0.3) is 0 Å². The Labute approximate surface area is 132 Å².